The molecular formula is C16H33Cl2N3O. The van der Waals surface area contributed by atoms with Gasteiger partial charge < -0.3 is 10.6 Å². The van der Waals surface area contributed by atoms with Crippen LogP contribution in [-0.2, 0) is 4.79 Å². The van der Waals surface area contributed by atoms with Gasteiger partial charge in [0.05, 0.1) is 6.04 Å². The van der Waals surface area contributed by atoms with Crippen LogP contribution in [0, 0.1) is 11.3 Å². The van der Waals surface area contributed by atoms with Crippen molar-refractivity contribution < 1.29 is 4.79 Å². The molecule has 2 fully saturated rings. The van der Waals surface area contributed by atoms with Crippen LogP contribution in [0.4, 0.5) is 0 Å². The van der Waals surface area contributed by atoms with Crippen LogP contribution in [0.2, 0.25) is 0 Å². The molecule has 2 aliphatic heterocycles. The van der Waals surface area contributed by atoms with Crippen LogP contribution in [-0.4, -0.2) is 54.5 Å². The highest BCUT2D eigenvalue weighted by Crippen LogP contribution is 2.30. The van der Waals surface area contributed by atoms with E-state index >= 15 is 0 Å². The normalized spacial score (nSPS) is 27.2. The molecule has 2 unspecified atom stereocenters. The highest BCUT2D eigenvalue weighted by atomic mass is 35.5. The molecule has 0 aromatic carbocycles. The lowest BCUT2D eigenvalue weighted by Crippen LogP contribution is -2.52. The van der Waals surface area contributed by atoms with Crippen LogP contribution < -0.4 is 5.73 Å². The summed E-state index contributed by atoms with van der Waals surface area (Å²) in [6.07, 6.45) is 4.82. The maximum Gasteiger partial charge on any atom is 0.240 e. The fourth-order valence-electron chi connectivity index (χ4n) is 3.63. The van der Waals surface area contributed by atoms with E-state index in [1.54, 1.807) is 0 Å². The summed E-state index contributed by atoms with van der Waals surface area (Å²) in [6.45, 7) is 11.1. The number of hydrogen-bond donors (Lipinski definition) is 1. The second-order valence-corrected chi connectivity index (χ2v) is 7.31. The number of rotatable bonds is 4. The molecule has 2 aliphatic rings. The first-order valence-electron chi connectivity index (χ1n) is 8.20. The van der Waals surface area contributed by atoms with Gasteiger partial charge in [-0.3, -0.25) is 9.69 Å². The first-order chi connectivity index (χ1) is 9.47. The number of likely N-dealkylation sites (tertiary alicyclic amines) is 2. The van der Waals surface area contributed by atoms with Crippen molar-refractivity contribution in [3.63, 3.8) is 0 Å². The Kier molecular flexibility index (Phi) is 9.30. The minimum Gasteiger partial charge on any atom is -0.341 e. The van der Waals surface area contributed by atoms with Gasteiger partial charge in [-0.15, -0.1) is 24.8 Å². The van der Waals surface area contributed by atoms with E-state index in [4.69, 9.17) is 5.73 Å². The van der Waals surface area contributed by atoms with E-state index in [-0.39, 0.29) is 36.3 Å². The molecule has 2 N–H and O–H groups in total. The number of hydrogen-bond acceptors (Lipinski definition) is 3. The van der Waals surface area contributed by atoms with E-state index in [0.717, 1.165) is 32.6 Å². The number of piperidine rings is 1. The Balaban J connectivity index is 0.00000220. The lowest BCUT2D eigenvalue weighted by atomic mass is 9.90. The second-order valence-electron chi connectivity index (χ2n) is 7.31. The van der Waals surface area contributed by atoms with E-state index in [1.165, 1.54) is 19.3 Å². The molecule has 4 nitrogen and oxygen atoms in total. The molecule has 2 atom stereocenters. The summed E-state index contributed by atoms with van der Waals surface area (Å²) in [5.74, 6) is 0.712. The Bertz CT molecular complexity index is 348. The lowest BCUT2D eigenvalue weighted by molar-refractivity contribution is -0.138. The molecular weight excluding hydrogens is 321 g/mol. The van der Waals surface area contributed by atoms with Crippen molar-refractivity contribution in [2.75, 3.05) is 32.7 Å². The predicted octanol–water partition coefficient (Wildman–Crippen LogP) is 2.54. The molecule has 1 amide bonds. The Labute approximate surface area is 148 Å². The van der Waals surface area contributed by atoms with Crippen molar-refractivity contribution in [3.05, 3.63) is 0 Å². The Morgan fingerprint density at radius 2 is 1.73 bits per heavy atom. The van der Waals surface area contributed by atoms with Crippen molar-refractivity contribution in [3.8, 4) is 0 Å². The first-order valence-corrected chi connectivity index (χ1v) is 8.20. The zero-order valence-corrected chi connectivity index (χ0v) is 15.8. The van der Waals surface area contributed by atoms with Crippen LogP contribution in [0.5, 0.6) is 0 Å². The molecule has 0 saturated carbocycles. The van der Waals surface area contributed by atoms with Gasteiger partial charge in [-0.25, -0.2) is 0 Å². The lowest BCUT2D eigenvalue weighted by Gasteiger charge is -2.38. The topological polar surface area (TPSA) is 49.6 Å². The van der Waals surface area contributed by atoms with Gasteiger partial charge in [0, 0.05) is 13.1 Å². The van der Waals surface area contributed by atoms with Crippen LogP contribution in [0.25, 0.3) is 0 Å². The Morgan fingerprint density at radius 3 is 2.18 bits per heavy atom. The maximum absolute atomic E-state index is 12.9. The monoisotopic (exact) mass is 353 g/mol. The summed E-state index contributed by atoms with van der Waals surface area (Å²) >= 11 is 0. The number of nitrogens with zero attached hydrogens (tertiary/aromatic N) is 2. The zero-order chi connectivity index (χ0) is 14.8. The average molecular weight is 354 g/mol. The van der Waals surface area contributed by atoms with Gasteiger partial charge in [0.25, 0.3) is 0 Å². The van der Waals surface area contributed by atoms with Crippen molar-refractivity contribution >= 4 is 30.7 Å². The second kappa shape index (κ2) is 9.31. The highest BCUT2D eigenvalue weighted by Gasteiger charge is 2.39. The van der Waals surface area contributed by atoms with E-state index in [0.29, 0.717) is 18.4 Å². The number of carbonyl (C=O) groups is 1. The fraction of sp³-hybridized carbons (Fsp3) is 0.938. The smallest absolute Gasteiger partial charge is 0.240 e. The third-order valence-electron chi connectivity index (χ3n) is 5.03. The van der Waals surface area contributed by atoms with Crippen molar-refractivity contribution in [1.82, 2.24) is 9.80 Å². The van der Waals surface area contributed by atoms with Gasteiger partial charge in [-0.05, 0) is 50.2 Å². The summed E-state index contributed by atoms with van der Waals surface area (Å²) in [7, 11) is 0. The highest BCUT2D eigenvalue weighted by molar-refractivity contribution is 5.85. The molecule has 0 radical (unpaired) electrons. The van der Waals surface area contributed by atoms with Crippen molar-refractivity contribution in [2.24, 2.45) is 17.1 Å². The van der Waals surface area contributed by atoms with Gasteiger partial charge in [0.15, 0.2) is 0 Å². The molecule has 0 bridgehead atoms. The summed E-state index contributed by atoms with van der Waals surface area (Å²) < 4.78 is 0. The molecule has 0 aromatic rings. The quantitative estimate of drug-likeness (QED) is 0.844. The third kappa shape index (κ3) is 4.98. The van der Waals surface area contributed by atoms with E-state index in [2.05, 4.69) is 30.6 Å². The van der Waals surface area contributed by atoms with Crippen LogP contribution in [0.1, 0.15) is 46.5 Å². The number of carbonyl (C=O) groups excluding carboxylic acids is 1. The van der Waals surface area contributed by atoms with Gasteiger partial charge >= 0.3 is 0 Å². The largest absolute Gasteiger partial charge is 0.341 e. The third-order valence-corrected chi connectivity index (χ3v) is 5.03. The summed E-state index contributed by atoms with van der Waals surface area (Å²) in [4.78, 5) is 17.4. The molecule has 0 spiro atoms. The van der Waals surface area contributed by atoms with Crippen molar-refractivity contribution in [2.45, 2.75) is 52.5 Å². The van der Waals surface area contributed by atoms with Gasteiger partial charge in [0.2, 0.25) is 5.91 Å². The molecule has 22 heavy (non-hydrogen) atoms. The maximum atomic E-state index is 12.9. The molecule has 6 heteroatoms. The van der Waals surface area contributed by atoms with E-state index in [1.807, 2.05) is 0 Å². The standard InChI is InChI=1S/C16H31N3O.2ClH/c1-13(2)14(18-8-5-4-6-9-18)15(20)19-10-7-16(3,11-17)12-19;;/h13-14H,4-12,17H2,1-3H3;2*1H. The van der Waals surface area contributed by atoms with Crippen LogP contribution in [0.3, 0.4) is 0 Å². The average Bonchev–Trinajstić information content (AvgIpc) is 2.83. The van der Waals surface area contributed by atoms with Crippen LogP contribution in [0.15, 0.2) is 0 Å². The van der Waals surface area contributed by atoms with Gasteiger partial charge in [-0.2, -0.15) is 0 Å². The Morgan fingerprint density at radius 1 is 1.14 bits per heavy atom. The van der Waals surface area contributed by atoms with E-state index < -0.39 is 0 Å². The Hall–Kier alpha value is -0.0300. The molecule has 132 valence electrons. The minimum absolute atomic E-state index is 0. The number of amides is 1. The summed E-state index contributed by atoms with van der Waals surface area (Å²) in [6, 6.07) is 0.0652. The summed E-state index contributed by atoms with van der Waals surface area (Å²) in [5, 5.41) is 0. The fourth-order valence-corrected chi connectivity index (χ4v) is 3.63. The number of halogens is 2. The molecule has 0 aliphatic carbocycles. The van der Waals surface area contributed by atoms with Crippen LogP contribution >= 0.6 is 24.8 Å². The predicted molar refractivity (Wildman–Crippen MR) is 96.9 cm³/mol. The molecule has 0 aromatic heterocycles. The molecule has 2 saturated heterocycles. The first kappa shape index (κ1) is 22.0. The van der Waals surface area contributed by atoms with Gasteiger partial charge in [0.1, 0.15) is 0 Å². The van der Waals surface area contributed by atoms with Crippen molar-refractivity contribution in [1.29, 1.82) is 0 Å². The molecule has 2 rings (SSSR count). The minimum atomic E-state index is 0. The summed E-state index contributed by atoms with van der Waals surface area (Å²) in [5.41, 5.74) is 5.98. The van der Waals surface area contributed by atoms with Gasteiger partial charge in [-0.1, -0.05) is 27.2 Å². The number of nitrogens with two attached hydrogens (primary N) is 1. The van der Waals surface area contributed by atoms with E-state index in [9.17, 15) is 4.79 Å². The SMILES string of the molecule is CC(C)C(C(=O)N1CCC(C)(CN)C1)N1CCCCC1.Cl.Cl. The zero-order valence-electron chi connectivity index (χ0n) is 14.2. The molecule has 2 heterocycles.